The Labute approximate surface area is 160 Å². The summed E-state index contributed by atoms with van der Waals surface area (Å²) in [6, 6.07) is 8.16. The number of nitrogens with zero attached hydrogens (tertiary/aromatic N) is 3. The van der Waals surface area contributed by atoms with Gasteiger partial charge in [0.2, 0.25) is 0 Å². The molecule has 4 rings (SSSR count). The third kappa shape index (κ3) is 3.12. The summed E-state index contributed by atoms with van der Waals surface area (Å²) in [7, 11) is 0. The van der Waals surface area contributed by atoms with E-state index in [4.69, 9.17) is 4.74 Å². The summed E-state index contributed by atoms with van der Waals surface area (Å²) < 4.78 is 6.94. The number of halogens is 1. The van der Waals surface area contributed by atoms with Gasteiger partial charge >= 0.3 is 0 Å². The smallest absolute Gasteiger partial charge is 0.151 e. The Bertz CT molecular complexity index is 726. The zero-order valence-corrected chi connectivity index (χ0v) is 16.6. The van der Waals surface area contributed by atoms with Gasteiger partial charge in [-0.05, 0) is 60.0 Å². The first-order valence-corrected chi connectivity index (χ1v) is 10.4. The molecule has 25 heavy (non-hydrogen) atoms. The summed E-state index contributed by atoms with van der Waals surface area (Å²) in [5.41, 5.74) is 0.849. The van der Waals surface area contributed by atoms with E-state index in [0.717, 1.165) is 52.5 Å². The lowest BCUT2D eigenvalue weighted by atomic mass is 9.58. The van der Waals surface area contributed by atoms with Crippen LogP contribution in [0.1, 0.15) is 26.2 Å². The summed E-state index contributed by atoms with van der Waals surface area (Å²) >= 11 is 5.14. The molecule has 0 unspecified atom stereocenters. The highest BCUT2D eigenvalue weighted by Gasteiger charge is 2.56. The molecular weight excluding hydrogens is 402 g/mol. The highest BCUT2D eigenvalue weighted by atomic mass is 79.9. The number of thiophene rings is 1. The lowest BCUT2D eigenvalue weighted by Gasteiger charge is -2.56. The number of hydrogen-bond acceptors (Lipinski definition) is 6. The zero-order chi connectivity index (χ0) is 17.4. The van der Waals surface area contributed by atoms with E-state index < -0.39 is 0 Å². The molecule has 1 aliphatic carbocycles. The van der Waals surface area contributed by atoms with Gasteiger partial charge in [0.25, 0.3) is 0 Å². The van der Waals surface area contributed by atoms with Gasteiger partial charge in [-0.15, -0.1) is 21.5 Å². The van der Waals surface area contributed by atoms with Crippen LogP contribution in [-0.4, -0.2) is 47.2 Å². The third-order valence-corrected chi connectivity index (χ3v) is 7.25. The minimum atomic E-state index is -0.225. The Morgan fingerprint density at radius 1 is 1.28 bits per heavy atom. The number of aliphatic hydroxyl groups excluding tert-OH is 1. The van der Waals surface area contributed by atoms with Crippen LogP contribution in [0, 0.1) is 5.41 Å². The van der Waals surface area contributed by atoms with Crippen molar-refractivity contribution in [1.29, 1.82) is 0 Å². The highest BCUT2D eigenvalue weighted by molar-refractivity contribution is 9.11. The minimum absolute atomic E-state index is 0.0525. The molecule has 3 heterocycles. The highest BCUT2D eigenvalue weighted by Crippen LogP contribution is 2.51. The standard InChI is InChI=1S/C18H22BrN3O2S/c1-2-24-15-11-14(23)18(15)7-9-22(10-8-18)17-6-3-12(20-21-17)13-4-5-16(19)25-13/h3-6,14-15,23H,2,7-11H2,1H3/t14-,15-/m1/s1. The summed E-state index contributed by atoms with van der Waals surface area (Å²) in [5, 5.41) is 19.1. The van der Waals surface area contributed by atoms with Gasteiger partial charge in [0.1, 0.15) is 5.69 Å². The van der Waals surface area contributed by atoms with Crippen LogP contribution in [0.2, 0.25) is 0 Å². The van der Waals surface area contributed by atoms with E-state index in [1.54, 1.807) is 11.3 Å². The van der Waals surface area contributed by atoms with E-state index >= 15 is 0 Å². The molecule has 0 bridgehead atoms. The molecule has 2 fully saturated rings. The van der Waals surface area contributed by atoms with E-state index in [2.05, 4.69) is 37.1 Å². The van der Waals surface area contributed by atoms with Crippen LogP contribution in [0.3, 0.4) is 0 Å². The van der Waals surface area contributed by atoms with Gasteiger partial charge in [-0.25, -0.2) is 0 Å². The average molecular weight is 424 g/mol. The van der Waals surface area contributed by atoms with E-state index in [9.17, 15) is 5.11 Å². The number of anilines is 1. The molecule has 5 nitrogen and oxygen atoms in total. The SMILES string of the molecule is CCO[C@@H]1C[C@@H](O)C12CCN(c1ccc(-c3ccc(Br)s3)nn1)CC2. The second-order valence-electron chi connectivity index (χ2n) is 6.80. The van der Waals surface area contributed by atoms with Crippen LogP contribution in [0.4, 0.5) is 5.82 Å². The van der Waals surface area contributed by atoms with Crippen LogP contribution in [0.5, 0.6) is 0 Å². The maximum atomic E-state index is 10.3. The molecule has 1 saturated heterocycles. The van der Waals surface area contributed by atoms with Crippen molar-refractivity contribution in [3.05, 3.63) is 28.1 Å². The number of ether oxygens (including phenoxy) is 1. The van der Waals surface area contributed by atoms with Crippen LogP contribution < -0.4 is 4.90 Å². The lowest BCUT2D eigenvalue weighted by Crippen LogP contribution is -2.62. The van der Waals surface area contributed by atoms with Gasteiger partial charge in [-0.2, -0.15) is 0 Å². The van der Waals surface area contributed by atoms with E-state index in [0.29, 0.717) is 6.61 Å². The summed E-state index contributed by atoms with van der Waals surface area (Å²) in [6.45, 7) is 4.52. The van der Waals surface area contributed by atoms with Gasteiger partial charge in [0.05, 0.1) is 20.9 Å². The zero-order valence-electron chi connectivity index (χ0n) is 14.2. The van der Waals surface area contributed by atoms with Crippen molar-refractivity contribution >= 4 is 33.1 Å². The lowest BCUT2D eigenvalue weighted by molar-refractivity contribution is -0.199. The van der Waals surface area contributed by atoms with Crippen molar-refractivity contribution in [1.82, 2.24) is 10.2 Å². The fourth-order valence-electron chi connectivity index (χ4n) is 4.05. The molecule has 2 atom stereocenters. The fraction of sp³-hybridized carbons (Fsp3) is 0.556. The topological polar surface area (TPSA) is 58.5 Å². The van der Waals surface area contributed by atoms with Crippen molar-refractivity contribution in [2.24, 2.45) is 5.41 Å². The first-order valence-electron chi connectivity index (χ1n) is 8.76. The van der Waals surface area contributed by atoms with Gasteiger partial charge in [-0.1, -0.05) is 0 Å². The number of aliphatic hydroxyl groups is 1. The molecule has 1 spiro atoms. The Morgan fingerprint density at radius 2 is 2.08 bits per heavy atom. The molecule has 7 heteroatoms. The maximum absolute atomic E-state index is 10.3. The van der Waals surface area contributed by atoms with Crippen LogP contribution in [0.15, 0.2) is 28.1 Å². The molecule has 0 amide bonds. The third-order valence-electron chi connectivity index (χ3n) is 5.60. The van der Waals surface area contributed by atoms with Gasteiger partial charge in [-0.3, -0.25) is 0 Å². The van der Waals surface area contributed by atoms with Crippen LogP contribution in [0.25, 0.3) is 10.6 Å². The number of piperidine rings is 1. The number of aromatic nitrogens is 2. The molecule has 134 valence electrons. The molecule has 2 aliphatic rings. The van der Waals surface area contributed by atoms with Gasteiger partial charge in [0, 0.05) is 31.5 Å². The van der Waals surface area contributed by atoms with E-state index in [-0.39, 0.29) is 17.6 Å². The molecule has 1 saturated carbocycles. The van der Waals surface area contributed by atoms with Crippen molar-refractivity contribution in [2.75, 3.05) is 24.6 Å². The Hall–Kier alpha value is -1.02. The average Bonchev–Trinajstić information content (AvgIpc) is 3.08. The summed E-state index contributed by atoms with van der Waals surface area (Å²) in [4.78, 5) is 3.38. The Balaban J connectivity index is 1.42. The minimum Gasteiger partial charge on any atom is -0.392 e. The number of hydrogen-bond donors (Lipinski definition) is 1. The molecule has 0 aromatic carbocycles. The molecule has 1 N–H and O–H groups in total. The Morgan fingerprint density at radius 3 is 2.64 bits per heavy atom. The van der Waals surface area contributed by atoms with Crippen LogP contribution >= 0.6 is 27.3 Å². The summed E-state index contributed by atoms with van der Waals surface area (Å²) in [5.74, 6) is 0.913. The molecule has 2 aromatic heterocycles. The second kappa shape index (κ2) is 6.95. The molecule has 0 radical (unpaired) electrons. The van der Waals surface area contributed by atoms with Crippen LogP contribution in [-0.2, 0) is 4.74 Å². The first-order chi connectivity index (χ1) is 12.1. The monoisotopic (exact) mass is 423 g/mol. The normalized spacial score (nSPS) is 25.2. The first kappa shape index (κ1) is 17.4. The molecule has 2 aromatic rings. The van der Waals surface area contributed by atoms with Crippen molar-refractivity contribution in [3.63, 3.8) is 0 Å². The van der Waals surface area contributed by atoms with Crippen molar-refractivity contribution in [3.8, 4) is 10.6 Å². The predicted octanol–water partition coefficient (Wildman–Crippen LogP) is 3.72. The van der Waals surface area contributed by atoms with E-state index in [1.165, 1.54) is 0 Å². The molecular formula is C18H22BrN3O2S. The van der Waals surface area contributed by atoms with Crippen molar-refractivity contribution < 1.29 is 9.84 Å². The van der Waals surface area contributed by atoms with Crippen molar-refractivity contribution in [2.45, 2.75) is 38.4 Å². The van der Waals surface area contributed by atoms with E-state index in [1.807, 2.05) is 25.1 Å². The predicted molar refractivity (Wildman–Crippen MR) is 103 cm³/mol. The largest absolute Gasteiger partial charge is 0.392 e. The maximum Gasteiger partial charge on any atom is 0.151 e. The quantitative estimate of drug-likeness (QED) is 0.811. The summed E-state index contributed by atoms with van der Waals surface area (Å²) in [6.07, 6.45) is 2.65. The Kier molecular flexibility index (Phi) is 4.83. The van der Waals surface area contributed by atoms with Gasteiger partial charge in [0.15, 0.2) is 5.82 Å². The number of rotatable bonds is 4. The molecule has 1 aliphatic heterocycles. The second-order valence-corrected chi connectivity index (χ2v) is 9.26. The van der Waals surface area contributed by atoms with Gasteiger partial charge < -0.3 is 14.7 Å². The fourth-order valence-corrected chi connectivity index (χ4v) is 5.40.